The van der Waals surface area contributed by atoms with Gasteiger partial charge >= 0.3 is 6.18 Å². The molecule has 0 saturated heterocycles. The number of benzene rings is 2. The van der Waals surface area contributed by atoms with Crippen LogP contribution in [0.3, 0.4) is 0 Å². The Bertz CT molecular complexity index is 1040. The van der Waals surface area contributed by atoms with Crippen LogP contribution in [-0.4, -0.2) is 26.6 Å². The smallest absolute Gasteiger partial charge is 0.284 e. The van der Waals surface area contributed by atoms with Crippen LogP contribution >= 0.6 is 11.8 Å². The van der Waals surface area contributed by atoms with E-state index in [0.29, 0.717) is 10.5 Å². The van der Waals surface area contributed by atoms with Crippen LogP contribution in [0.4, 0.5) is 18.9 Å². The first-order valence-electron chi connectivity index (χ1n) is 8.60. The Morgan fingerprint density at radius 2 is 1.66 bits per heavy atom. The van der Waals surface area contributed by atoms with Gasteiger partial charge in [0, 0.05) is 4.90 Å². The topological polar surface area (TPSA) is 63.2 Å². The number of aryl methyl sites for hydroxylation is 1. The highest BCUT2D eigenvalue weighted by molar-refractivity contribution is 7.98. The molecular formula is C20H22F3NO3S2. The molecule has 0 aliphatic carbocycles. The van der Waals surface area contributed by atoms with Gasteiger partial charge in [-0.3, -0.25) is 9.52 Å². The van der Waals surface area contributed by atoms with Crippen LogP contribution in [0.2, 0.25) is 0 Å². The van der Waals surface area contributed by atoms with E-state index in [1.165, 1.54) is 18.2 Å². The highest BCUT2D eigenvalue weighted by Crippen LogP contribution is 2.34. The quantitative estimate of drug-likeness (QED) is 0.483. The molecule has 2 aromatic rings. The number of Topliss-reactive ketones (excluding diaryl/α,β-unsaturated/α-hetero) is 1. The summed E-state index contributed by atoms with van der Waals surface area (Å²) in [7, 11) is -4.24. The molecule has 0 aromatic heterocycles. The number of nitrogens with one attached hydrogen (secondary N) is 1. The van der Waals surface area contributed by atoms with Crippen molar-refractivity contribution in [2.24, 2.45) is 0 Å². The minimum absolute atomic E-state index is 0.0463. The van der Waals surface area contributed by atoms with Gasteiger partial charge < -0.3 is 0 Å². The van der Waals surface area contributed by atoms with Crippen molar-refractivity contribution in [1.82, 2.24) is 0 Å². The molecule has 0 atom stereocenters. The molecule has 1 N–H and O–H groups in total. The van der Waals surface area contributed by atoms with Crippen LogP contribution in [0.5, 0.6) is 0 Å². The maximum absolute atomic E-state index is 13.1. The van der Waals surface area contributed by atoms with Crippen molar-refractivity contribution < 1.29 is 26.4 Å². The minimum atomic E-state index is -5.13. The first kappa shape index (κ1) is 23.3. The van der Waals surface area contributed by atoms with E-state index in [-0.39, 0.29) is 4.90 Å². The molecule has 0 aliphatic rings. The normalized spacial score (nSPS) is 12.7. The SMILES string of the molecule is CSc1ccc(NS(=O)(=O)c2ccc(C)cc2C(C)(C)C)c(C(=O)C(F)(F)F)c1. The number of carbonyl (C=O) groups excluding carboxylic acids is 1. The van der Waals surface area contributed by atoms with Crippen molar-refractivity contribution in [2.45, 2.75) is 49.1 Å². The number of rotatable bonds is 5. The summed E-state index contributed by atoms with van der Waals surface area (Å²) in [4.78, 5) is 12.2. The van der Waals surface area contributed by atoms with E-state index < -0.39 is 38.6 Å². The third-order valence-electron chi connectivity index (χ3n) is 4.21. The number of halogens is 3. The number of hydrogen-bond donors (Lipinski definition) is 1. The van der Waals surface area contributed by atoms with Crippen molar-refractivity contribution in [3.8, 4) is 0 Å². The van der Waals surface area contributed by atoms with Gasteiger partial charge in [0.15, 0.2) is 0 Å². The zero-order chi connectivity index (χ0) is 22.2. The Morgan fingerprint density at radius 3 is 2.17 bits per heavy atom. The molecule has 158 valence electrons. The molecule has 2 aromatic carbocycles. The van der Waals surface area contributed by atoms with Crippen LogP contribution < -0.4 is 4.72 Å². The average molecular weight is 446 g/mol. The molecule has 0 unspecified atom stereocenters. The molecule has 0 bridgehead atoms. The molecule has 0 fully saturated rings. The molecule has 2 rings (SSSR count). The Hall–Kier alpha value is -2.00. The third-order valence-corrected chi connectivity index (χ3v) is 6.35. The van der Waals surface area contributed by atoms with E-state index in [1.54, 1.807) is 18.4 Å². The van der Waals surface area contributed by atoms with Crippen LogP contribution in [0.15, 0.2) is 46.2 Å². The lowest BCUT2D eigenvalue weighted by Crippen LogP contribution is -2.26. The number of ketones is 1. The fraction of sp³-hybridized carbons (Fsp3) is 0.350. The number of carbonyl (C=O) groups is 1. The summed E-state index contributed by atoms with van der Waals surface area (Å²) in [6, 6.07) is 8.43. The number of alkyl halides is 3. The van der Waals surface area contributed by atoms with Gasteiger partial charge in [0.25, 0.3) is 15.8 Å². The number of anilines is 1. The zero-order valence-corrected chi connectivity index (χ0v) is 18.3. The second-order valence-electron chi connectivity index (χ2n) is 7.59. The van der Waals surface area contributed by atoms with Gasteiger partial charge in [-0.25, -0.2) is 8.42 Å². The van der Waals surface area contributed by atoms with Gasteiger partial charge in [-0.05, 0) is 48.4 Å². The summed E-state index contributed by atoms with van der Waals surface area (Å²) >= 11 is 1.14. The molecule has 0 saturated carbocycles. The van der Waals surface area contributed by atoms with Crippen LogP contribution in [-0.2, 0) is 15.4 Å². The van der Waals surface area contributed by atoms with Gasteiger partial charge in [-0.2, -0.15) is 13.2 Å². The van der Waals surface area contributed by atoms with Crippen molar-refractivity contribution in [1.29, 1.82) is 0 Å². The second kappa shape index (κ2) is 8.02. The Balaban J connectivity index is 2.61. The largest absolute Gasteiger partial charge is 0.454 e. The van der Waals surface area contributed by atoms with E-state index >= 15 is 0 Å². The summed E-state index contributed by atoms with van der Waals surface area (Å²) in [6.07, 6.45) is -3.49. The maximum atomic E-state index is 13.1. The van der Waals surface area contributed by atoms with E-state index in [2.05, 4.69) is 4.72 Å². The number of thioether (sulfide) groups is 1. The lowest BCUT2D eigenvalue weighted by atomic mass is 9.86. The highest BCUT2D eigenvalue weighted by Gasteiger charge is 2.41. The summed E-state index contributed by atoms with van der Waals surface area (Å²) in [5.41, 5.74) is -0.299. The first-order chi connectivity index (χ1) is 13.2. The van der Waals surface area contributed by atoms with Crippen molar-refractivity contribution >= 4 is 33.3 Å². The zero-order valence-electron chi connectivity index (χ0n) is 16.6. The molecule has 9 heteroatoms. The summed E-state index contributed by atoms with van der Waals surface area (Å²) in [5.74, 6) is -2.11. The van der Waals surface area contributed by atoms with Gasteiger partial charge in [-0.15, -0.1) is 11.8 Å². The predicted molar refractivity (Wildman–Crippen MR) is 109 cm³/mol. The predicted octanol–water partition coefficient (Wildman–Crippen LogP) is 5.56. The number of sulfonamides is 1. The van der Waals surface area contributed by atoms with E-state index in [9.17, 15) is 26.4 Å². The standard InChI is InChI=1S/C20H22F3NO3S2/c1-12-6-9-17(15(10-12)19(2,3)4)29(26,27)24-16-8-7-13(28-5)11-14(16)18(25)20(21,22)23/h6-11,24H,1-5H3. The summed E-state index contributed by atoms with van der Waals surface area (Å²) in [5, 5.41) is 0. The van der Waals surface area contributed by atoms with Gasteiger partial charge in [0.1, 0.15) is 0 Å². The van der Waals surface area contributed by atoms with Crippen molar-refractivity contribution in [2.75, 3.05) is 11.0 Å². The van der Waals surface area contributed by atoms with Crippen LogP contribution in [0.1, 0.15) is 42.3 Å². The molecular weight excluding hydrogens is 423 g/mol. The van der Waals surface area contributed by atoms with E-state index in [4.69, 9.17) is 0 Å². The van der Waals surface area contributed by atoms with Crippen LogP contribution in [0.25, 0.3) is 0 Å². The third kappa shape index (κ3) is 5.33. The van der Waals surface area contributed by atoms with Gasteiger partial charge in [0.2, 0.25) is 0 Å². The Morgan fingerprint density at radius 1 is 1.03 bits per heavy atom. The minimum Gasteiger partial charge on any atom is -0.284 e. The fourth-order valence-corrected chi connectivity index (χ4v) is 4.66. The van der Waals surface area contributed by atoms with Crippen molar-refractivity contribution in [3.05, 3.63) is 53.1 Å². The highest BCUT2D eigenvalue weighted by atomic mass is 32.2. The molecule has 0 radical (unpaired) electrons. The molecule has 0 heterocycles. The molecule has 4 nitrogen and oxygen atoms in total. The maximum Gasteiger partial charge on any atom is 0.454 e. The van der Waals surface area contributed by atoms with E-state index in [1.807, 2.05) is 27.7 Å². The average Bonchev–Trinajstić information content (AvgIpc) is 2.59. The Kier molecular flexibility index (Phi) is 6.44. The second-order valence-corrected chi connectivity index (χ2v) is 10.1. The lowest BCUT2D eigenvalue weighted by Gasteiger charge is -2.24. The van der Waals surface area contributed by atoms with Gasteiger partial charge in [0.05, 0.1) is 16.1 Å². The Labute approximate surface area is 172 Å². The fourth-order valence-electron chi connectivity index (χ4n) is 2.74. The first-order valence-corrected chi connectivity index (χ1v) is 11.3. The van der Waals surface area contributed by atoms with Gasteiger partial charge in [-0.1, -0.05) is 38.5 Å². The molecule has 0 spiro atoms. The molecule has 29 heavy (non-hydrogen) atoms. The molecule has 0 amide bonds. The number of hydrogen-bond acceptors (Lipinski definition) is 4. The van der Waals surface area contributed by atoms with Crippen LogP contribution in [0, 0.1) is 6.92 Å². The summed E-state index contributed by atoms with van der Waals surface area (Å²) in [6.45, 7) is 7.34. The monoisotopic (exact) mass is 445 g/mol. The summed E-state index contributed by atoms with van der Waals surface area (Å²) < 4.78 is 67.4. The lowest BCUT2D eigenvalue weighted by molar-refractivity contribution is -0.0884. The molecule has 0 aliphatic heterocycles. The van der Waals surface area contributed by atoms with E-state index in [0.717, 1.165) is 23.4 Å². The van der Waals surface area contributed by atoms with Crippen molar-refractivity contribution in [3.63, 3.8) is 0 Å².